The highest BCUT2D eigenvalue weighted by atomic mass is 16.3. The van der Waals surface area contributed by atoms with Crippen LogP contribution >= 0.6 is 0 Å². The predicted octanol–water partition coefficient (Wildman–Crippen LogP) is 1.31. The van der Waals surface area contributed by atoms with Crippen LogP contribution in [0.1, 0.15) is 57.1 Å². The zero-order valence-corrected chi connectivity index (χ0v) is 23.4. The van der Waals surface area contributed by atoms with Crippen LogP contribution in [0.4, 0.5) is 0 Å². The fourth-order valence-corrected chi connectivity index (χ4v) is 5.05. The van der Waals surface area contributed by atoms with Crippen molar-refractivity contribution in [2.45, 2.75) is 69.7 Å². The van der Waals surface area contributed by atoms with Gasteiger partial charge >= 0.3 is 0 Å². The molecule has 4 amide bonds. The lowest BCUT2D eigenvalue weighted by Crippen LogP contribution is -2.57. The molecule has 1 aliphatic heterocycles. The minimum Gasteiger partial charge on any atom is -0.372 e. The van der Waals surface area contributed by atoms with Gasteiger partial charge in [-0.15, -0.1) is 0 Å². The predicted molar refractivity (Wildman–Crippen MR) is 151 cm³/mol. The van der Waals surface area contributed by atoms with Gasteiger partial charge in [0.05, 0.1) is 6.04 Å². The second kappa shape index (κ2) is 13.1. The maximum absolute atomic E-state index is 13.8. The molecule has 1 saturated heterocycles. The number of rotatable bonds is 13. The molecule has 0 bridgehead atoms. The van der Waals surface area contributed by atoms with Crippen LogP contribution in [0, 0.1) is 11.8 Å². The summed E-state index contributed by atoms with van der Waals surface area (Å²) in [6.45, 7) is 4.21. The average Bonchev–Trinajstić information content (AvgIpc) is 3.70. The van der Waals surface area contributed by atoms with Crippen molar-refractivity contribution in [2.24, 2.45) is 11.8 Å². The summed E-state index contributed by atoms with van der Waals surface area (Å²) in [5, 5.41) is 22.6. The molecule has 0 aromatic heterocycles. The summed E-state index contributed by atoms with van der Waals surface area (Å²) in [4.78, 5) is 65.5. The van der Waals surface area contributed by atoms with Gasteiger partial charge in [-0.25, -0.2) is 0 Å². The zero-order chi connectivity index (χ0) is 29.6. The fraction of sp³-hybridized carbons (Fsp3) is 0.452. The Morgan fingerprint density at radius 1 is 0.902 bits per heavy atom. The highest BCUT2D eigenvalue weighted by Crippen LogP contribution is 2.30. The van der Waals surface area contributed by atoms with Crippen molar-refractivity contribution in [3.8, 4) is 0 Å². The van der Waals surface area contributed by atoms with Crippen LogP contribution < -0.4 is 21.3 Å². The molecule has 0 radical (unpaired) electrons. The van der Waals surface area contributed by atoms with Crippen molar-refractivity contribution in [1.29, 1.82) is 0 Å². The highest BCUT2D eigenvalue weighted by Gasteiger charge is 2.42. The van der Waals surface area contributed by atoms with Gasteiger partial charge in [-0.3, -0.25) is 24.0 Å². The Morgan fingerprint density at radius 3 is 1.98 bits per heavy atom. The molecule has 2 fully saturated rings. The molecule has 1 saturated carbocycles. The van der Waals surface area contributed by atoms with E-state index in [0.717, 1.165) is 12.8 Å². The highest BCUT2D eigenvalue weighted by molar-refractivity contribution is 6.38. The molecule has 1 heterocycles. The van der Waals surface area contributed by atoms with Gasteiger partial charge in [-0.1, -0.05) is 74.5 Å². The summed E-state index contributed by atoms with van der Waals surface area (Å²) >= 11 is 0. The van der Waals surface area contributed by atoms with Gasteiger partial charge in [0.15, 0.2) is 5.60 Å². The molecule has 2 aromatic rings. The summed E-state index contributed by atoms with van der Waals surface area (Å²) in [7, 11) is 0. The third-order valence-electron chi connectivity index (χ3n) is 7.49. The zero-order valence-electron chi connectivity index (χ0n) is 23.4. The summed E-state index contributed by atoms with van der Waals surface area (Å²) < 4.78 is 0. The van der Waals surface area contributed by atoms with Crippen molar-refractivity contribution in [3.63, 3.8) is 0 Å². The second-order valence-corrected chi connectivity index (χ2v) is 11.3. The lowest BCUT2D eigenvalue weighted by molar-refractivity contribution is -0.142. The van der Waals surface area contributed by atoms with E-state index in [2.05, 4.69) is 21.3 Å². The Balaban J connectivity index is 1.58. The van der Waals surface area contributed by atoms with Gasteiger partial charge in [-0.2, -0.15) is 0 Å². The molecule has 5 N–H and O–H groups in total. The van der Waals surface area contributed by atoms with Gasteiger partial charge in [0, 0.05) is 18.5 Å². The van der Waals surface area contributed by atoms with E-state index in [9.17, 15) is 29.1 Å². The van der Waals surface area contributed by atoms with Crippen molar-refractivity contribution in [2.75, 3.05) is 6.54 Å². The Bertz CT molecular complexity index is 1220. The van der Waals surface area contributed by atoms with E-state index in [1.165, 1.54) is 0 Å². The standard InChI is InChI=1S/C31H38N4O6/c1-19(2)17-25(35-30(40)31(41,21-9-5-3-6-10-21)22-11-7-4-8-12-22)28(38)34-24(18-20-15-16-32-27(20)37)26(36)29(39)33-23-13-14-23/h3-12,19-20,23-25,41H,13-18H2,1-2H3,(H,32,37)(H,33,39)(H,34,38)(H,35,40)/t20-,24+,25-/m1/s1. The normalized spacial score (nSPS) is 18.2. The first kappa shape index (κ1) is 29.9. The van der Waals surface area contributed by atoms with E-state index in [4.69, 9.17) is 0 Å². The first-order valence-corrected chi connectivity index (χ1v) is 14.2. The molecule has 4 rings (SSSR count). The van der Waals surface area contributed by atoms with Crippen LogP contribution in [0.5, 0.6) is 0 Å². The number of nitrogens with one attached hydrogen (secondary N) is 4. The summed E-state index contributed by atoms with van der Waals surface area (Å²) in [6.07, 6.45) is 2.23. The number of amides is 4. The molecule has 0 spiro atoms. The molecule has 3 atom stereocenters. The molecule has 41 heavy (non-hydrogen) atoms. The van der Waals surface area contributed by atoms with Gasteiger partial charge in [0.25, 0.3) is 11.8 Å². The van der Waals surface area contributed by atoms with Crippen LogP contribution in [-0.4, -0.2) is 59.2 Å². The van der Waals surface area contributed by atoms with Crippen LogP contribution in [-0.2, 0) is 29.6 Å². The first-order chi connectivity index (χ1) is 19.6. The van der Waals surface area contributed by atoms with Crippen LogP contribution in [0.25, 0.3) is 0 Å². The van der Waals surface area contributed by atoms with Gasteiger partial charge in [-0.05, 0) is 49.1 Å². The quantitative estimate of drug-likeness (QED) is 0.232. The lowest BCUT2D eigenvalue weighted by Gasteiger charge is -2.31. The van der Waals surface area contributed by atoms with E-state index in [0.29, 0.717) is 24.1 Å². The largest absolute Gasteiger partial charge is 0.372 e. The minimum atomic E-state index is -2.10. The molecule has 218 valence electrons. The maximum Gasteiger partial charge on any atom is 0.289 e. The Hall–Kier alpha value is -4.05. The molecule has 1 aliphatic carbocycles. The topological polar surface area (TPSA) is 154 Å². The number of ketones is 1. The Labute approximate surface area is 239 Å². The average molecular weight is 563 g/mol. The van der Waals surface area contributed by atoms with Crippen molar-refractivity contribution in [3.05, 3.63) is 71.8 Å². The number of hydrogen-bond donors (Lipinski definition) is 5. The van der Waals surface area contributed by atoms with E-state index in [1.807, 2.05) is 13.8 Å². The second-order valence-electron chi connectivity index (χ2n) is 11.3. The molecular formula is C31H38N4O6. The van der Waals surface area contributed by atoms with Gasteiger partial charge in [0.2, 0.25) is 17.6 Å². The Morgan fingerprint density at radius 2 is 1.49 bits per heavy atom. The number of Topliss-reactive ketones (excluding diaryl/α,β-unsaturated/α-hetero) is 1. The molecular weight excluding hydrogens is 524 g/mol. The van der Waals surface area contributed by atoms with E-state index < -0.39 is 47.1 Å². The van der Waals surface area contributed by atoms with Crippen molar-refractivity contribution < 1.29 is 29.1 Å². The number of carbonyl (C=O) groups excluding carboxylic acids is 5. The molecule has 2 aromatic carbocycles. The van der Waals surface area contributed by atoms with Crippen LogP contribution in [0.3, 0.4) is 0 Å². The van der Waals surface area contributed by atoms with Crippen LogP contribution in [0.15, 0.2) is 60.7 Å². The fourth-order valence-electron chi connectivity index (χ4n) is 5.05. The van der Waals surface area contributed by atoms with Crippen LogP contribution in [0.2, 0.25) is 0 Å². The summed E-state index contributed by atoms with van der Waals surface area (Å²) in [5.41, 5.74) is -1.45. The molecule has 10 nitrogen and oxygen atoms in total. The SMILES string of the molecule is CC(C)C[C@@H](NC(=O)C(O)(c1ccccc1)c1ccccc1)C(=O)N[C@@H](C[C@H]1CCNC1=O)C(=O)C(=O)NC1CC1. The molecule has 2 aliphatic rings. The van der Waals surface area contributed by atoms with Crippen molar-refractivity contribution in [1.82, 2.24) is 21.3 Å². The number of hydrogen-bond acceptors (Lipinski definition) is 6. The third kappa shape index (κ3) is 7.38. The summed E-state index contributed by atoms with van der Waals surface area (Å²) in [5.74, 6) is -3.92. The number of aliphatic hydroxyl groups is 1. The van der Waals surface area contributed by atoms with Gasteiger partial charge in [0.1, 0.15) is 6.04 Å². The number of benzene rings is 2. The first-order valence-electron chi connectivity index (χ1n) is 14.2. The van der Waals surface area contributed by atoms with E-state index in [1.54, 1.807) is 60.7 Å². The lowest BCUT2D eigenvalue weighted by atomic mass is 9.85. The smallest absolute Gasteiger partial charge is 0.289 e. The van der Waals surface area contributed by atoms with E-state index >= 15 is 0 Å². The number of carbonyl (C=O) groups is 5. The van der Waals surface area contributed by atoms with Crippen molar-refractivity contribution >= 4 is 29.4 Å². The van der Waals surface area contributed by atoms with E-state index in [-0.39, 0.29) is 30.7 Å². The van der Waals surface area contributed by atoms with Gasteiger partial charge < -0.3 is 26.4 Å². The minimum absolute atomic E-state index is 0.0329. The summed E-state index contributed by atoms with van der Waals surface area (Å²) in [6, 6.07) is 14.4. The Kier molecular flexibility index (Phi) is 9.54. The molecule has 0 unspecified atom stereocenters. The molecule has 10 heteroatoms. The third-order valence-corrected chi connectivity index (χ3v) is 7.49. The maximum atomic E-state index is 13.8. The monoisotopic (exact) mass is 562 g/mol.